The highest BCUT2D eigenvalue weighted by molar-refractivity contribution is 6.32. The zero-order valence-electron chi connectivity index (χ0n) is 16.4. The van der Waals surface area contributed by atoms with Gasteiger partial charge in [-0.25, -0.2) is 0 Å². The molecule has 1 aliphatic rings. The first-order chi connectivity index (χ1) is 13.1. The van der Waals surface area contributed by atoms with Gasteiger partial charge >= 0.3 is 0 Å². The predicted molar refractivity (Wildman–Crippen MR) is 111 cm³/mol. The number of carbonyl (C=O) groups excluding carboxylic acids is 1. The van der Waals surface area contributed by atoms with Crippen molar-refractivity contribution >= 4 is 23.6 Å². The molecule has 0 unspecified atom stereocenters. The molecule has 1 aliphatic heterocycles. The van der Waals surface area contributed by atoms with E-state index in [9.17, 15) is 4.79 Å². The van der Waals surface area contributed by atoms with Gasteiger partial charge in [0.1, 0.15) is 0 Å². The van der Waals surface area contributed by atoms with Gasteiger partial charge in [0, 0.05) is 12.6 Å². The Kier molecular flexibility index (Phi) is 9.50. The Bertz CT molecular complexity index is 626. The molecule has 150 valence electrons. The van der Waals surface area contributed by atoms with Gasteiger partial charge in [-0.1, -0.05) is 24.4 Å². The zero-order valence-corrected chi connectivity index (χ0v) is 17.2. The topological polar surface area (TPSA) is 50.8 Å². The smallest absolute Gasteiger partial charge is 0.243 e. The van der Waals surface area contributed by atoms with Crippen LogP contribution in [0, 0.1) is 0 Å². The molecule has 0 aromatic heterocycles. The van der Waals surface area contributed by atoms with Gasteiger partial charge in [-0.3, -0.25) is 4.79 Å². The van der Waals surface area contributed by atoms with Crippen LogP contribution in [0.5, 0.6) is 11.5 Å². The van der Waals surface area contributed by atoms with Gasteiger partial charge in [0.2, 0.25) is 5.91 Å². The zero-order chi connectivity index (χ0) is 19.5. The summed E-state index contributed by atoms with van der Waals surface area (Å²) in [7, 11) is 1.57. The van der Waals surface area contributed by atoms with E-state index in [2.05, 4.69) is 10.2 Å². The molecule has 1 aromatic carbocycles. The van der Waals surface area contributed by atoms with Gasteiger partial charge in [-0.2, -0.15) is 0 Å². The van der Waals surface area contributed by atoms with E-state index in [1.807, 2.05) is 6.92 Å². The molecule has 1 saturated heterocycles. The molecule has 1 N–H and O–H groups in total. The first kappa shape index (κ1) is 21.6. The van der Waals surface area contributed by atoms with E-state index in [0.717, 1.165) is 18.5 Å². The van der Waals surface area contributed by atoms with Crippen LogP contribution >= 0.6 is 11.6 Å². The molecule has 6 heteroatoms. The number of likely N-dealkylation sites (tertiary alicyclic amines) is 1. The standard InChI is InChI=1S/C21H31ClN2O3/c1-3-27-21-18(22)15-17(16-19(21)26-2)9-10-20(25)23-11-8-14-24-12-6-4-5-7-13-24/h9-10,15-16H,3-8,11-14H2,1-2H3,(H,23,25). The summed E-state index contributed by atoms with van der Waals surface area (Å²) in [6.07, 6.45) is 9.51. The highest BCUT2D eigenvalue weighted by atomic mass is 35.5. The maximum absolute atomic E-state index is 12.0. The number of nitrogens with zero attached hydrogens (tertiary/aromatic N) is 1. The molecule has 1 heterocycles. The largest absolute Gasteiger partial charge is 0.493 e. The molecular formula is C21H31ClN2O3. The van der Waals surface area contributed by atoms with Crippen molar-refractivity contribution in [2.45, 2.75) is 39.0 Å². The molecule has 1 fully saturated rings. The SMILES string of the molecule is CCOc1c(Cl)cc(C=CC(=O)NCCCN2CCCCCC2)cc1OC. The van der Waals surface area contributed by atoms with Gasteiger partial charge in [-0.15, -0.1) is 0 Å². The van der Waals surface area contributed by atoms with E-state index in [1.165, 1.54) is 44.8 Å². The van der Waals surface area contributed by atoms with Gasteiger partial charge in [0.25, 0.3) is 0 Å². The molecule has 1 amide bonds. The highest BCUT2D eigenvalue weighted by Gasteiger charge is 2.11. The Labute approximate surface area is 167 Å². The van der Waals surface area contributed by atoms with Crippen molar-refractivity contribution in [3.63, 3.8) is 0 Å². The number of amides is 1. The van der Waals surface area contributed by atoms with E-state index in [4.69, 9.17) is 21.1 Å². The van der Waals surface area contributed by atoms with E-state index >= 15 is 0 Å². The van der Waals surface area contributed by atoms with Crippen LogP contribution in [0.3, 0.4) is 0 Å². The van der Waals surface area contributed by atoms with Crippen molar-refractivity contribution in [3.8, 4) is 11.5 Å². The third-order valence-corrected chi connectivity index (χ3v) is 4.90. The molecule has 5 nitrogen and oxygen atoms in total. The number of benzene rings is 1. The van der Waals surface area contributed by atoms with Crippen molar-refractivity contribution in [3.05, 3.63) is 28.8 Å². The molecule has 0 saturated carbocycles. The Morgan fingerprint density at radius 2 is 2.00 bits per heavy atom. The first-order valence-corrected chi connectivity index (χ1v) is 10.2. The maximum Gasteiger partial charge on any atom is 0.243 e. The molecule has 0 aliphatic carbocycles. The minimum atomic E-state index is -0.102. The Hall–Kier alpha value is -1.72. The van der Waals surface area contributed by atoms with Crippen LogP contribution in [0.1, 0.15) is 44.6 Å². The van der Waals surface area contributed by atoms with Crippen molar-refractivity contribution in [2.24, 2.45) is 0 Å². The Morgan fingerprint density at radius 1 is 1.26 bits per heavy atom. The third kappa shape index (κ3) is 7.43. The van der Waals surface area contributed by atoms with Crippen molar-refractivity contribution in [1.82, 2.24) is 10.2 Å². The molecule has 0 spiro atoms. The number of methoxy groups -OCH3 is 1. The van der Waals surface area contributed by atoms with Crippen LogP contribution in [0.15, 0.2) is 18.2 Å². The molecule has 0 atom stereocenters. The second-order valence-electron chi connectivity index (χ2n) is 6.70. The molecule has 0 bridgehead atoms. The lowest BCUT2D eigenvalue weighted by Gasteiger charge is -2.19. The summed E-state index contributed by atoms with van der Waals surface area (Å²) in [5.74, 6) is 0.980. The number of hydrogen-bond acceptors (Lipinski definition) is 4. The third-order valence-electron chi connectivity index (χ3n) is 4.62. The summed E-state index contributed by atoms with van der Waals surface area (Å²) in [6.45, 7) is 6.51. The number of rotatable bonds is 9. The quantitative estimate of drug-likeness (QED) is 0.505. The molecule has 2 rings (SSSR count). The summed E-state index contributed by atoms with van der Waals surface area (Å²) in [5.41, 5.74) is 0.792. The van der Waals surface area contributed by atoms with Gasteiger partial charge in [0.05, 0.1) is 18.7 Å². The second kappa shape index (κ2) is 11.9. The van der Waals surface area contributed by atoms with Crippen LogP contribution < -0.4 is 14.8 Å². The van der Waals surface area contributed by atoms with Crippen molar-refractivity contribution in [1.29, 1.82) is 0 Å². The average Bonchev–Trinajstić information content (AvgIpc) is 2.94. The lowest BCUT2D eigenvalue weighted by atomic mass is 10.2. The lowest BCUT2D eigenvalue weighted by molar-refractivity contribution is -0.116. The summed E-state index contributed by atoms with van der Waals surface area (Å²) < 4.78 is 10.8. The first-order valence-electron chi connectivity index (χ1n) is 9.82. The number of hydrogen-bond donors (Lipinski definition) is 1. The maximum atomic E-state index is 12.0. The number of halogens is 1. The van der Waals surface area contributed by atoms with Gasteiger partial charge in [0.15, 0.2) is 11.5 Å². The molecular weight excluding hydrogens is 364 g/mol. The summed E-state index contributed by atoms with van der Waals surface area (Å²) in [4.78, 5) is 14.5. The van der Waals surface area contributed by atoms with Crippen LogP contribution in [0.2, 0.25) is 5.02 Å². The van der Waals surface area contributed by atoms with E-state index in [-0.39, 0.29) is 5.91 Å². The van der Waals surface area contributed by atoms with Crippen LogP contribution in [-0.2, 0) is 4.79 Å². The van der Waals surface area contributed by atoms with Crippen molar-refractivity contribution < 1.29 is 14.3 Å². The number of ether oxygens (including phenoxy) is 2. The van der Waals surface area contributed by atoms with Crippen molar-refractivity contribution in [2.75, 3.05) is 39.9 Å². The second-order valence-corrected chi connectivity index (χ2v) is 7.11. The van der Waals surface area contributed by atoms with Gasteiger partial charge < -0.3 is 19.7 Å². The van der Waals surface area contributed by atoms with Crippen LogP contribution in [-0.4, -0.2) is 50.7 Å². The number of nitrogens with one attached hydrogen (secondary N) is 1. The minimum Gasteiger partial charge on any atom is -0.493 e. The van der Waals surface area contributed by atoms with E-state index in [0.29, 0.717) is 29.7 Å². The molecule has 27 heavy (non-hydrogen) atoms. The minimum absolute atomic E-state index is 0.102. The normalized spacial score (nSPS) is 15.5. The summed E-state index contributed by atoms with van der Waals surface area (Å²) >= 11 is 6.25. The fourth-order valence-corrected chi connectivity index (χ4v) is 3.50. The molecule has 1 aromatic rings. The van der Waals surface area contributed by atoms with Crippen LogP contribution in [0.4, 0.5) is 0 Å². The molecule has 0 radical (unpaired) electrons. The summed E-state index contributed by atoms with van der Waals surface area (Å²) in [6, 6.07) is 3.57. The fourth-order valence-electron chi connectivity index (χ4n) is 3.23. The highest BCUT2D eigenvalue weighted by Crippen LogP contribution is 2.36. The monoisotopic (exact) mass is 394 g/mol. The average molecular weight is 395 g/mol. The van der Waals surface area contributed by atoms with Crippen LogP contribution in [0.25, 0.3) is 6.08 Å². The predicted octanol–water partition coefficient (Wildman–Crippen LogP) is 4.14. The van der Waals surface area contributed by atoms with E-state index in [1.54, 1.807) is 25.3 Å². The fraction of sp³-hybridized carbons (Fsp3) is 0.571. The Morgan fingerprint density at radius 3 is 2.67 bits per heavy atom. The summed E-state index contributed by atoms with van der Waals surface area (Å²) in [5, 5.41) is 3.41. The number of carbonyl (C=O) groups is 1. The van der Waals surface area contributed by atoms with E-state index < -0.39 is 0 Å². The Balaban J connectivity index is 1.79. The van der Waals surface area contributed by atoms with Gasteiger partial charge in [-0.05, 0) is 69.6 Å². The lowest BCUT2D eigenvalue weighted by Crippen LogP contribution is -2.30.